The summed E-state index contributed by atoms with van der Waals surface area (Å²) in [7, 11) is 1.66. The maximum absolute atomic E-state index is 10.4. The first-order chi connectivity index (χ1) is 8.16. The van der Waals surface area contributed by atoms with E-state index in [2.05, 4.69) is 0 Å². The molecule has 1 aromatic rings. The third kappa shape index (κ3) is 3.01. The van der Waals surface area contributed by atoms with Gasteiger partial charge in [-0.05, 0) is 12.1 Å². The number of methoxy groups -OCH3 is 1. The van der Waals surface area contributed by atoms with E-state index in [1.807, 2.05) is 12.1 Å². The minimum atomic E-state index is -0.508. The Kier molecular flexibility index (Phi) is 4.44. The van der Waals surface area contributed by atoms with Crippen molar-refractivity contribution in [1.29, 1.82) is 0 Å². The predicted molar refractivity (Wildman–Crippen MR) is 68.8 cm³/mol. The zero-order valence-corrected chi connectivity index (χ0v) is 11.4. The SMILES string of the molecule is COC1(C(O)Cc2ccc(Cl)s2)CCOCC1. The van der Waals surface area contributed by atoms with E-state index in [0.717, 1.165) is 22.1 Å². The smallest absolute Gasteiger partial charge is 0.0983 e. The van der Waals surface area contributed by atoms with E-state index >= 15 is 0 Å². The number of hydrogen-bond acceptors (Lipinski definition) is 4. The molecule has 0 bridgehead atoms. The molecule has 96 valence electrons. The van der Waals surface area contributed by atoms with Gasteiger partial charge in [0.1, 0.15) is 0 Å². The summed E-state index contributed by atoms with van der Waals surface area (Å²) < 4.78 is 11.6. The Balaban J connectivity index is 2.04. The van der Waals surface area contributed by atoms with Crippen molar-refractivity contribution in [2.75, 3.05) is 20.3 Å². The zero-order valence-electron chi connectivity index (χ0n) is 9.82. The fourth-order valence-electron chi connectivity index (χ4n) is 2.23. The normalized spacial score (nSPS) is 21.4. The molecule has 0 aliphatic carbocycles. The first-order valence-electron chi connectivity index (χ1n) is 5.71. The van der Waals surface area contributed by atoms with Gasteiger partial charge in [-0.25, -0.2) is 0 Å². The monoisotopic (exact) mass is 276 g/mol. The largest absolute Gasteiger partial charge is 0.390 e. The first-order valence-corrected chi connectivity index (χ1v) is 6.91. The van der Waals surface area contributed by atoms with Crippen LogP contribution in [0.15, 0.2) is 12.1 Å². The van der Waals surface area contributed by atoms with Crippen LogP contribution in [0.2, 0.25) is 4.34 Å². The van der Waals surface area contributed by atoms with Gasteiger partial charge in [-0.15, -0.1) is 11.3 Å². The van der Waals surface area contributed by atoms with Crippen molar-refractivity contribution in [3.05, 3.63) is 21.3 Å². The van der Waals surface area contributed by atoms with Gasteiger partial charge in [-0.2, -0.15) is 0 Å². The first kappa shape index (κ1) is 13.3. The number of hydrogen-bond donors (Lipinski definition) is 1. The van der Waals surface area contributed by atoms with Gasteiger partial charge in [0.25, 0.3) is 0 Å². The summed E-state index contributed by atoms with van der Waals surface area (Å²) in [6, 6.07) is 3.82. The van der Waals surface area contributed by atoms with Crippen LogP contribution in [0.5, 0.6) is 0 Å². The molecule has 1 aliphatic heterocycles. The molecule has 5 heteroatoms. The highest BCUT2D eigenvalue weighted by Gasteiger charge is 2.39. The van der Waals surface area contributed by atoms with Gasteiger partial charge in [0.05, 0.1) is 16.0 Å². The van der Waals surface area contributed by atoms with Crippen LogP contribution in [0, 0.1) is 0 Å². The van der Waals surface area contributed by atoms with Gasteiger partial charge >= 0.3 is 0 Å². The van der Waals surface area contributed by atoms with E-state index in [9.17, 15) is 5.11 Å². The van der Waals surface area contributed by atoms with Gasteiger partial charge in [0, 0.05) is 44.5 Å². The maximum Gasteiger partial charge on any atom is 0.0983 e. The molecule has 3 nitrogen and oxygen atoms in total. The Morgan fingerprint density at radius 2 is 2.24 bits per heavy atom. The lowest BCUT2D eigenvalue weighted by atomic mass is 9.86. The standard InChI is InChI=1S/C12H17ClO3S/c1-15-12(4-6-16-7-5-12)10(14)8-9-2-3-11(13)17-9/h2-3,10,14H,4-8H2,1H3. The van der Waals surface area contributed by atoms with Gasteiger partial charge in [0.2, 0.25) is 0 Å². The molecule has 0 saturated carbocycles. The minimum absolute atomic E-state index is 0.464. The van der Waals surface area contributed by atoms with Crippen molar-refractivity contribution in [2.45, 2.75) is 31.0 Å². The molecular formula is C12H17ClO3S. The fourth-order valence-corrected chi connectivity index (χ4v) is 3.35. The van der Waals surface area contributed by atoms with Crippen LogP contribution in [-0.4, -0.2) is 37.1 Å². The zero-order chi connectivity index (χ0) is 12.3. The summed E-state index contributed by atoms with van der Waals surface area (Å²) >= 11 is 7.39. The van der Waals surface area contributed by atoms with Gasteiger partial charge in [-0.3, -0.25) is 0 Å². The average Bonchev–Trinajstić information content (AvgIpc) is 2.75. The van der Waals surface area contributed by atoms with E-state index in [0.29, 0.717) is 19.6 Å². The van der Waals surface area contributed by atoms with Crippen molar-refractivity contribution in [2.24, 2.45) is 0 Å². The Bertz CT molecular complexity index is 360. The molecule has 1 atom stereocenters. The minimum Gasteiger partial charge on any atom is -0.390 e. The number of thiophene rings is 1. The van der Waals surface area contributed by atoms with E-state index in [4.69, 9.17) is 21.1 Å². The quantitative estimate of drug-likeness (QED) is 0.918. The van der Waals surface area contributed by atoms with Crippen LogP contribution in [0.3, 0.4) is 0 Å². The molecule has 17 heavy (non-hydrogen) atoms. The second-order valence-electron chi connectivity index (χ2n) is 4.31. The predicted octanol–water partition coefficient (Wildman–Crippen LogP) is 2.50. The van der Waals surface area contributed by atoms with Crippen LogP contribution in [0.25, 0.3) is 0 Å². The van der Waals surface area contributed by atoms with Crippen LogP contribution < -0.4 is 0 Å². The highest BCUT2D eigenvalue weighted by molar-refractivity contribution is 7.16. The lowest BCUT2D eigenvalue weighted by Gasteiger charge is -2.39. The van der Waals surface area contributed by atoms with Gasteiger partial charge < -0.3 is 14.6 Å². The molecule has 0 spiro atoms. The molecular weight excluding hydrogens is 260 g/mol. The topological polar surface area (TPSA) is 38.7 Å². The number of rotatable bonds is 4. The molecule has 1 N–H and O–H groups in total. The van der Waals surface area contributed by atoms with Crippen molar-refractivity contribution in [3.8, 4) is 0 Å². The molecule has 0 amide bonds. The highest BCUT2D eigenvalue weighted by Crippen LogP contribution is 2.32. The lowest BCUT2D eigenvalue weighted by Crippen LogP contribution is -2.49. The van der Waals surface area contributed by atoms with Crippen molar-refractivity contribution < 1.29 is 14.6 Å². The lowest BCUT2D eigenvalue weighted by molar-refractivity contribution is -0.151. The second kappa shape index (κ2) is 5.67. The molecule has 1 aromatic heterocycles. The second-order valence-corrected chi connectivity index (χ2v) is 6.11. The molecule has 1 aliphatic rings. The Morgan fingerprint density at radius 3 is 2.76 bits per heavy atom. The van der Waals surface area contributed by atoms with Crippen LogP contribution in [0.4, 0.5) is 0 Å². The summed E-state index contributed by atoms with van der Waals surface area (Å²) in [5.41, 5.74) is -0.464. The Morgan fingerprint density at radius 1 is 1.53 bits per heavy atom. The van der Waals surface area contributed by atoms with Crippen LogP contribution in [0.1, 0.15) is 17.7 Å². The summed E-state index contributed by atoms with van der Waals surface area (Å²) in [4.78, 5) is 1.09. The summed E-state index contributed by atoms with van der Waals surface area (Å²) in [6.07, 6.45) is 1.56. The van der Waals surface area contributed by atoms with Gasteiger partial charge in [0.15, 0.2) is 0 Å². The number of ether oxygens (including phenoxy) is 2. The highest BCUT2D eigenvalue weighted by atomic mass is 35.5. The fraction of sp³-hybridized carbons (Fsp3) is 0.667. The third-order valence-corrected chi connectivity index (χ3v) is 4.63. The molecule has 1 saturated heterocycles. The molecule has 2 rings (SSSR count). The Labute approximate surface area is 110 Å². The van der Waals surface area contributed by atoms with Crippen molar-refractivity contribution in [3.63, 3.8) is 0 Å². The molecule has 1 unspecified atom stereocenters. The Hall–Kier alpha value is -0.130. The third-order valence-electron chi connectivity index (χ3n) is 3.38. The van der Waals surface area contributed by atoms with Crippen molar-refractivity contribution >= 4 is 22.9 Å². The van der Waals surface area contributed by atoms with Gasteiger partial charge in [-0.1, -0.05) is 11.6 Å². The molecule has 1 fully saturated rings. The number of aliphatic hydroxyl groups is 1. The molecule has 2 heterocycles. The maximum atomic E-state index is 10.4. The van der Waals surface area contributed by atoms with E-state index < -0.39 is 11.7 Å². The van der Waals surface area contributed by atoms with Crippen LogP contribution in [-0.2, 0) is 15.9 Å². The average molecular weight is 277 g/mol. The summed E-state index contributed by atoms with van der Waals surface area (Å²) in [5.74, 6) is 0. The number of halogens is 1. The van der Waals surface area contributed by atoms with E-state index in [-0.39, 0.29) is 0 Å². The summed E-state index contributed by atoms with van der Waals surface area (Å²) in [5, 5.41) is 10.4. The van der Waals surface area contributed by atoms with Crippen LogP contribution >= 0.6 is 22.9 Å². The summed E-state index contributed by atoms with van der Waals surface area (Å²) in [6.45, 7) is 1.30. The van der Waals surface area contributed by atoms with Crippen molar-refractivity contribution in [1.82, 2.24) is 0 Å². The number of aliphatic hydroxyl groups excluding tert-OH is 1. The molecule has 0 aromatic carbocycles. The van der Waals surface area contributed by atoms with E-state index in [1.54, 1.807) is 7.11 Å². The van der Waals surface area contributed by atoms with E-state index in [1.165, 1.54) is 11.3 Å². The molecule has 0 radical (unpaired) electrons.